The molecule has 0 amide bonds. The highest BCUT2D eigenvalue weighted by molar-refractivity contribution is 7.89. The zero-order valence-corrected chi connectivity index (χ0v) is 11.4. The van der Waals surface area contributed by atoms with Crippen molar-refractivity contribution in [2.24, 2.45) is 5.92 Å². The van der Waals surface area contributed by atoms with Crippen LogP contribution in [0.3, 0.4) is 0 Å². The Kier molecular flexibility index (Phi) is 4.54. The maximum atomic E-state index is 13.2. The van der Waals surface area contributed by atoms with E-state index >= 15 is 0 Å². The van der Waals surface area contributed by atoms with Crippen molar-refractivity contribution in [2.45, 2.75) is 37.2 Å². The summed E-state index contributed by atoms with van der Waals surface area (Å²) < 4.78 is 40.0. The summed E-state index contributed by atoms with van der Waals surface area (Å²) in [4.78, 5) is -0.173. The van der Waals surface area contributed by atoms with Gasteiger partial charge in [-0.05, 0) is 36.5 Å². The van der Waals surface area contributed by atoms with Crippen LogP contribution in [-0.2, 0) is 16.6 Å². The monoisotopic (exact) mass is 287 g/mol. The first-order valence-electron chi connectivity index (χ1n) is 6.42. The Hall–Kier alpha value is -0.980. The number of aliphatic hydroxyl groups is 1. The second-order valence-corrected chi connectivity index (χ2v) is 6.65. The molecule has 0 spiro atoms. The molecule has 0 aromatic heterocycles. The number of hydrogen-bond acceptors (Lipinski definition) is 3. The lowest BCUT2D eigenvalue weighted by Gasteiger charge is -2.13. The SMILES string of the molecule is O=S(=O)(NCC1CCCC1)c1cc(F)ccc1CO. The van der Waals surface area contributed by atoms with Gasteiger partial charge in [0.25, 0.3) is 0 Å². The molecule has 6 heteroatoms. The van der Waals surface area contributed by atoms with Crippen molar-refractivity contribution in [3.05, 3.63) is 29.6 Å². The Morgan fingerprint density at radius 3 is 2.63 bits per heavy atom. The molecular weight excluding hydrogens is 269 g/mol. The molecule has 19 heavy (non-hydrogen) atoms. The summed E-state index contributed by atoms with van der Waals surface area (Å²) in [5, 5.41) is 9.14. The van der Waals surface area contributed by atoms with E-state index in [1.165, 1.54) is 6.07 Å². The van der Waals surface area contributed by atoms with Gasteiger partial charge in [-0.15, -0.1) is 0 Å². The van der Waals surface area contributed by atoms with Gasteiger partial charge >= 0.3 is 0 Å². The van der Waals surface area contributed by atoms with Crippen molar-refractivity contribution in [3.63, 3.8) is 0 Å². The van der Waals surface area contributed by atoms with Gasteiger partial charge in [-0.25, -0.2) is 17.5 Å². The van der Waals surface area contributed by atoms with Gasteiger partial charge < -0.3 is 5.11 Å². The molecule has 0 heterocycles. The molecule has 1 aliphatic rings. The van der Waals surface area contributed by atoms with Gasteiger partial charge in [0.15, 0.2) is 0 Å². The first-order valence-corrected chi connectivity index (χ1v) is 7.90. The Morgan fingerprint density at radius 1 is 1.32 bits per heavy atom. The molecule has 4 nitrogen and oxygen atoms in total. The van der Waals surface area contributed by atoms with E-state index in [-0.39, 0.29) is 10.5 Å². The van der Waals surface area contributed by atoms with Crippen molar-refractivity contribution in [1.29, 1.82) is 0 Å². The Balaban J connectivity index is 2.16. The molecule has 0 bridgehead atoms. The van der Waals surface area contributed by atoms with E-state index in [0.717, 1.165) is 37.8 Å². The van der Waals surface area contributed by atoms with E-state index in [1.54, 1.807) is 0 Å². The Bertz CT molecular complexity index is 539. The molecule has 1 aromatic carbocycles. The van der Waals surface area contributed by atoms with Gasteiger partial charge in [0.1, 0.15) is 5.82 Å². The first-order chi connectivity index (χ1) is 9.03. The summed E-state index contributed by atoms with van der Waals surface area (Å²) in [6.07, 6.45) is 4.32. The number of benzene rings is 1. The quantitative estimate of drug-likeness (QED) is 0.867. The molecule has 1 aromatic rings. The smallest absolute Gasteiger partial charge is 0.241 e. The zero-order chi connectivity index (χ0) is 13.9. The molecule has 0 aliphatic heterocycles. The molecule has 1 aliphatic carbocycles. The van der Waals surface area contributed by atoms with Gasteiger partial charge in [-0.3, -0.25) is 0 Å². The summed E-state index contributed by atoms with van der Waals surface area (Å²) in [5.74, 6) is -0.264. The second-order valence-electron chi connectivity index (χ2n) is 4.91. The van der Waals surface area contributed by atoms with E-state index < -0.39 is 22.4 Å². The average molecular weight is 287 g/mol. The average Bonchev–Trinajstić information content (AvgIpc) is 2.89. The molecule has 0 radical (unpaired) electrons. The van der Waals surface area contributed by atoms with E-state index in [2.05, 4.69) is 4.72 Å². The highest BCUT2D eigenvalue weighted by Gasteiger charge is 2.22. The highest BCUT2D eigenvalue weighted by Crippen LogP contribution is 2.25. The third-order valence-corrected chi connectivity index (χ3v) is 5.03. The van der Waals surface area contributed by atoms with Crippen molar-refractivity contribution in [2.75, 3.05) is 6.54 Å². The normalized spacial score (nSPS) is 16.9. The highest BCUT2D eigenvalue weighted by atomic mass is 32.2. The number of nitrogens with one attached hydrogen (secondary N) is 1. The van der Waals surface area contributed by atoms with Crippen LogP contribution in [0.1, 0.15) is 31.2 Å². The summed E-state index contributed by atoms with van der Waals surface area (Å²) >= 11 is 0. The minimum Gasteiger partial charge on any atom is -0.392 e. The third kappa shape index (κ3) is 3.52. The predicted molar refractivity (Wildman–Crippen MR) is 69.5 cm³/mol. The van der Waals surface area contributed by atoms with Crippen LogP contribution in [-0.4, -0.2) is 20.1 Å². The fourth-order valence-corrected chi connectivity index (χ4v) is 3.79. The third-order valence-electron chi connectivity index (χ3n) is 3.53. The van der Waals surface area contributed by atoms with Crippen LogP contribution < -0.4 is 4.72 Å². The van der Waals surface area contributed by atoms with Gasteiger partial charge in [0, 0.05) is 6.54 Å². The molecule has 0 saturated heterocycles. The molecule has 1 saturated carbocycles. The topological polar surface area (TPSA) is 66.4 Å². The fourth-order valence-electron chi connectivity index (χ4n) is 2.43. The maximum Gasteiger partial charge on any atom is 0.241 e. The van der Waals surface area contributed by atoms with Gasteiger partial charge in [0.05, 0.1) is 11.5 Å². The lowest BCUT2D eigenvalue weighted by molar-refractivity contribution is 0.278. The molecule has 0 unspecified atom stereocenters. The minimum atomic E-state index is -3.76. The van der Waals surface area contributed by atoms with Crippen LogP contribution in [0.5, 0.6) is 0 Å². The zero-order valence-electron chi connectivity index (χ0n) is 10.6. The summed E-state index contributed by atoms with van der Waals surface area (Å²) in [7, 11) is -3.76. The maximum absolute atomic E-state index is 13.2. The van der Waals surface area contributed by atoms with Crippen LogP contribution in [0.25, 0.3) is 0 Å². The van der Waals surface area contributed by atoms with E-state index in [4.69, 9.17) is 5.11 Å². The van der Waals surface area contributed by atoms with E-state index in [9.17, 15) is 12.8 Å². The number of sulfonamides is 1. The molecule has 0 atom stereocenters. The molecule has 1 fully saturated rings. The van der Waals surface area contributed by atoms with Gasteiger partial charge in [0.2, 0.25) is 10.0 Å². The number of rotatable bonds is 5. The molecule has 2 N–H and O–H groups in total. The van der Waals surface area contributed by atoms with Crippen LogP contribution in [0, 0.1) is 11.7 Å². The fraction of sp³-hybridized carbons (Fsp3) is 0.538. The number of halogens is 1. The van der Waals surface area contributed by atoms with Crippen molar-refractivity contribution in [3.8, 4) is 0 Å². The van der Waals surface area contributed by atoms with Crippen LogP contribution in [0.15, 0.2) is 23.1 Å². The number of hydrogen-bond donors (Lipinski definition) is 2. The minimum absolute atomic E-state index is 0.173. The first kappa shape index (κ1) is 14.4. The summed E-state index contributed by atoms with van der Waals surface area (Å²) in [5.41, 5.74) is 0.209. The lowest BCUT2D eigenvalue weighted by atomic mass is 10.1. The molecular formula is C13H18FNO3S. The van der Waals surface area contributed by atoms with Gasteiger partial charge in [-0.1, -0.05) is 18.9 Å². The van der Waals surface area contributed by atoms with E-state index in [0.29, 0.717) is 12.5 Å². The second kappa shape index (κ2) is 5.98. The molecule has 106 valence electrons. The van der Waals surface area contributed by atoms with Crippen molar-refractivity contribution < 1.29 is 17.9 Å². The van der Waals surface area contributed by atoms with Crippen LogP contribution >= 0.6 is 0 Å². The van der Waals surface area contributed by atoms with Gasteiger partial charge in [-0.2, -0.15) is 0 Å². The lowest BCUT2D eigenvalue weighted by Crippen LogP contribution is -2.29. The predicted octanol–water partition coefficient (Wildman–Crippen LogP) is 1.79. The largest absolute Gasteiger partial charge is 0.392 e. The van der Waals surface area contributed by atoms with Crippen molar-refractivity contribution >= 4 is 10.0 Å². The standard InChI is InChI=1S/C13H18FNO3S/c14-12-6-5-11(9-16)13(7-12)19(17,18)15-8-10-3-1-2-4-10/h5-7,10,15-16H,1-4,8-9H2. The molecule has 2 rings (SSSR count). The number of aliphatic hydroxyl groups excluding tert-OH is 1. The van der Waals surface area contributed by atoms with Crippen LogP contribution in [0.2, 0.25) is 0 Å². The van der Waals surface area contributed by atoms with E-state index in [1.807, 2.05) is 0 Å². The summed E-state index contributed by atoms with van der Waals surface area (Å²) in [6, 6.07) is 3.38. The summed E-state index contributed by atoms with van der Waals surface area (Å²) in [6.45, 7) is -0.0519. The Morgan fingerprint density at radius 2 is 2.00 bits per heavy atom. The van der Waals surface area contributed by atoms with Crippen LogP contribution in [0.4, 0.5) is 4.39 Å². The van der Waals surface area contributed by atoms with Crippen molar-refractivity contribution in [1.82, 2.24) is 4.72 Å². The Labute approximate surface area is 112 Å².